The molecule has 0 aliphatic carbocycles. The smallest absolute Gasteiger partial charge is 0.250 e. The van der Waals surface area contributed by atoms with Crippen LogP contribution in [0.5, 0.6) is 0 Å². The van der Waals surface area contributed by atoms with E-state index in [9.17, 15) is 4.39 Å². The lowest BCUT2D eigenvalue weighted by atomic mass is 10.2. The van der Waals surface area contributed by atoms with Crippen LogP contribution in [0.15, 0.2) is 27.1 Å². The van der Waals surface area contributed by atoms with Gasteiger partial charge < -0.3 is 9.73 Å². The van der Waals surface area contributed by atoms with Gasteiger partial charge in [0, 0.05) is 6.04 Å². The first-order chi connectivity index (χ1) is 8.58. The van der Waals surface area contributed by atoms with Gasteiger partial charge in [-0.2, -0.15) is 0 Å². The summed E-state index contributed by atoms with van der Waals surface area (Å²) in [5.74, 6) is 0.233. The van der Waals surface area contributed by atoms with Crippen molar-refractivity contribution in [3.63, 3.8) is 0 Å². The highest BCUT2D eigenvalue weighted by Gasteiger charge is 2.14. The van der Waals surface area contributed by atoms with Gasteiger partial charge in [-0.1, -0.05) is 19.9 Å². The van der Waals surface area contributed by atoms with Gasteiger partial charge in [0.15, 0.2) is 0 Å². The Labute approximate surface area is 113 Å². The van der Waals surface area contributed by atoms with Gasteiger partial charge in [-0.25, -0.2) is 4.39 Å². The highest BCUT2D eigenvalue weighted by Crippen LogP contribution is 2.26. The maximum absolute atomic E-state index is 13.8. The first-order valence-electron chi connectivity index (χ1n) is 5.58. The molecule has 96 valence electrons. The Morgan fingerprint density at radius 3 is 2.89 bits per heavy atom. The van der Waals surface area contributed by atoms with Gasteiger partial charge in [0.05, 0.1) is 16.6 Å². The van der Waals surface area contributed by atoms with E-state index < -0.39 is 5.82 Å². The molecule has 0 fully saturated rings. The summed E-state index contributed by atoms with van der Waals surface area (Å²) in [6.07, 6.45) is 0. The Bertz CT molecular complexity index is 542. The predicted octanol–water partition coefficient (Wildman–Crippen LogP) is 3.14. The lowest BCUT2D eigenvalue weighted by Crippen LogP contribution is -2.21. The summed E-state index contributed by atoms with van der Waals surface area (Å²) in [5, 5.41) is 10.9. The average molecular weight is 314 g/mol. The molecule has 0 spiro atoms. The van der Waals surface area contributed by atoms with E-state index in [4.69, 9.17) is 4.42 Å². The van der Waals surface area contributed by atoms with Gasteiger partial charge in [0.2, 0.25) is 5.89 Å². The Hall–Kier alpha value is -1.27. The average Bonchev–Trinajstić information content (AvgIpc) is 2.78. The van der Waals surface area contributed by atoms with Gasteiger partial charge in [0.25, 0.3) is 5.89 Å². The van der Waals surface area contributed by atoms with Crippen LogP contribution < -0.4 is 5.32 Å². The van der Waals surface area contributed by atoms with Crippen molar-refractivity contribution in [3.8, 4) is 11.5 Å². The molecule has 0 aliphatic heterocycles. The van der Waals surface area contributed by atoms with Crippen LogP contribution >= 0.6 is 15.9 Å². The van der Waals surface area contributed by atoms with E-state index in [2.05, 4.69) is 31.4 Å². The lowest BCUT2D eigenvalue weighted by molar-refractivity contribution is 0.457. The van der Waals surface area contributed by atoms with Crippen LogP contribution in [-0.2, 0) is 6.54 Å². The summed E-state index contributed by atoms with van der Waals surface area (Å²) >= 11 is 3.12. The molecule has 0 bridgehead atoms. The van der Waals surface area contributed by atoms with E-state index in [0.29, 0.717) is 28.5 Å². The lowest BCUT2D eigenvalue weighted by Gasteiger charge is -2.03. The molecular weight excluding hydrogens is 301 g/mol. The van der Waals surface area contributed by atoms with Crippen molar-refractivity contribution in [3.05, 3.63) is 34.4 Å². The minimum absolute atomic E-state index is 0.189. The number of aromatic nitrogens is 2. The molecule has 0 radical (unpaired) electrons. The summed E-state index contributed by atoms with van der Waals surface area (Å²) in [6.45, 7) is 4.51. The Balaban J connectivity index is 2.21. The van der Waals surface area contributed by atoms with Crippen molar-refractivity contribution in [1.82, 2.24) is 15.5 Å². The third-order valence-corrected chi connectivity index (χ3v) is 2.92. The zero-order valence-corrected chi connectivity index (χ0v) is 11.7. The van der Waals surface area contributed by atoms with Crippen LogP contribution in [-0.4, -0.2) is 16.2 Å². The van der Waals surface area contributed by atoms with E-state index in [1.807, 2.05) is 13.8 Å². The van der Waals surface area contributed by atoms with Gasteiger partial charge in [0.1, 0.15) is 5.82 Å². The molecule has 0 aliphatic rings. The molecule has 0 amide bonds. The first-order valence-corrected chi connectivity index (χ1v) is 6.37. The van der Waals surface area contributed by atoms with Crippen LogP contribution in [0.4, 0.5) is 4.39 Å². The number of hydrogen-bond acceptors (Lipinski definition) is 4. The third kappa shape index (κ3) is 2.94. The van der Waals surface area contributed by atoms with Crippen molar-refractivity contribution < 1.29 is 8.81 Å². The predicted molar refractivity (Wildman–Crippen MR) is 69.4 cm³/mol. The Morgan fingerprint density at radius 2 is 2.17 bits per heavy atom. The van der Waals surface area contributed by atoms with Crippen molar-refractivity contribution in [2.45, 2.75) is 26.4 Å². The quantitative estimate of drug-likeness (QED) is 0.942. The van der Waals surface area contributed by atoms with E-state index in [-0.39, 0.29) is 5.89 Å². The second-order valence-electron chi connectivity index (χ2n) is 4.14. The molecule has 0 atom stereocenters. The SMILES string of the molecule is CC(C)NCc1nnc(-c2cccc(Br)c2F)o1. The Kier molecular flexibility index (Phi) is 4.08. The second-order valence-corrected chi connectivity index (χ2v) is 4.99. The molecule has 1 aromatic carbocycles. The zero-order valence-electron chi connectivity index (χ0n) is 10.1. The second kappa shape index (κ2) is 5.58. The van der Waals surface area contributed by atoms with Crippen LogP contribution in [0, 0.1) is 5.82 Å². The maximum atomic E-state index is 13.8. The van der Waals surface area contributed by atoms with E-state index in [1.165, 1.54) is 0 Å². The van der Waals surface area contributed by atoms with Crippen LogP contribution in [0.1, 0.15) is 19.7 Å². The van der Waals surface area contributed by atoms with E-state index in [1.54, 1.807) is 18.2 Å². The highest BCUT2D eigenvalue weighted by molar-refractivity contribution is 9.10. The highest BCUT2D eigenvalue weighted by atomic mass is 79.9. The number of nitrogens with one attached hydrogen (secondary N) is 1. The molecule has 1 N–H and O–H groups in total. The van der Waals surface area contributed by atoms with Gasteiger partial charge in [-0.15, -0.1) is 10.2 Å². The summed E-state index contributed by atoms with van der Waals surface area (Å²) in [7, 11) is 0. The van der Waals surface area contributed by atoms with Crippen LogP contribution in [0.3, 0.4) is 0 Å². The molecule has 18 heavy (non-hydrogen) atoms. The van der Waals surface area contributed by atoms with Crippen LogP contribution in [0.2, 0.25) is 0 Å². The fourth-order valence-electron chi connectivity index (χ4n) is 1.39. The molecule has 0 saturated carbocycles. The van der Waals surface area contributed by atoms with Crippen molar-refractivity contribution in [1.29, 1.82) is 0 Å². The molecule has 0 saturated heterocycles. The molecule has 0 unspecified atom stereocenters. The number of hydrogen-bond donors (Lipinski definition) is 1. The number of rotatable bonds is 4. The minimum atomic E-state index is -0.399. The van der Waals surface area contributed by atoms with E-state index >= 15 is 0 Å². The standard InChI is InChI=1S/C12H13BrFN3O/c1-7(2)15-6-10-16-17-12(18-10)8-4-3-5-9(13)11(8)14/h3-5,7,15H,6H2,1-2H3. The fraction of sp³-hybridized carbons (Fsp3) is 0.333. The summed E-state index contributed by atoms with van der Waals surface area (Å²) < 4.78 is 19.6. The summed E-state index contributed by atoms with van der Waals surface area (Å²) in [4.78, 5) is 0. The van der Waals surface area contributed by atoms with Crippen molar-refractivity contribution in [2.75, 3.05) is 0 Å². The molecule has 6 heteroatoms. The first kappa shape index (κ1) is 13.2. The zero-order chi connectivity index (χ0) is 13.1. The third-order valence-electron chi connectivity index (χ3n) is 2.31. The Morgan fingerprint density at radius 1 is 1.39 bits per heavy atom. The fourth-order valence-corrected chi connectivity index (χ4v) is 1.76. The van der Waals surface area contributed by atoms with Crippen LogP contribution in [0.25, 0.3) is 11.5 Å². The monoisotopic (exact) mass is 313 g/mol. The number of nitrogens with zero attached hydrogens (tertiary/aromatic N) is 2. The van der Waals surface area contributed by atoms with Crippen molar-refractivity contribution >= 4 is 15.9 Å². The molecular formula is C12H13BrFN3O. The van der Waals surface area contributed by atoms with Gasteiger partial charge in [-0.05, 0) is 28.1 Å². The summed E-state index contributed by atoms with van der Waals surface area (Å²) in [6, 6.07) is 5.27. The molecule has 2 rings (SSSR count). The normalized spacial score (nSPS) is 11.2. The molecule has 2 aromatic rings. The summed E-state index contributed by atoms with van der Waals surface area (Å²) in [5.41, 5.74) is 0.299. The van der Waals surface area contributed by atoms with E-state index in [0.717, 1.165) is 0 Å². The maximum Gasteiger partial charge on any atom is 0.250 e. The van der Waals surface area contributed by atoms with Gasteiger partial charge >= 0.3 is 0 Å². The minimum Gasteiger partial charge on any atom is -0.419 e. The molecule has 1 aromatic heterocycles. The van der Waals surface area contributed by atoms with Gasteiger partial charge in [-0.3, -0.25) is 0 Å². The number of halogens is 2. The molecule has 4 nitrogen and oxygen atoms in total. The van der Waals surface area contributed by atoms with Crippen molar-refractivity contribution in [2.24, 2.45) is 0 Å². The largest absolute Gasteiger partial charge is 0.419 e. The topological polar surface area (TPSA) is 51.0 Å². The number of benzene rings is 1. The molecule has 1 heterocycles.